The molecule has 0 aliphatic heterocycles. The molecule has 4 rings (SSSR count). The Bertz CT molecular complexity index is 1100. The first-order chi connectivity index (χ1) is 15.2. The lowest BCUT2D eigenvalue weighted by Crippen LogP contribution is -2.41. The van der Waals surface area contributed by atoms with Gasteiger partial charge in [-0.3, -0.25) is 14.3 Å². The van der Waals surface area contributed by atoms with E-state index in [-0.39, 0.29) is 25.0 Å². The van der Waals surface area contributed by atoms with Gasteiger partial charge in [-0.2, -0.15) is 9.13 Å². The normalized spacial score (nSPS) is 10.6. The summed E-state index contributed by atoms with van der Waals surface area (Å²) in [5.41, 5.74) is 2.49. The number of ether oxygens (including phenoxy) is 1. The highest BCUT2D eigenvalue weighted by Gasteiger charge is 2.15. The highest BCUT2D eigenvalue weighted by atomic mass is 16.5. The molecular formula is C26H22N2O3+2. The van der Waals surface area contributed by atoms with Crippen LogP contribution >= 0.6 is 0 Å². The first-order valence-corrected chi connectivity index (χ1v) is 9.96. The van der Waals surface area contributed by atoms with Gasteiger partial charge in [0.05, 0.1) is 11.1 Å². The summed E-state index contributed by atoms with van der Waals surface area (Å²) in [6.07, 6.45) is 7.24. The number of carbonyl (C=O) groups excluding carboxylic acids is 2. The van der Waals surface area contributed by atoms with E-state index in [1.807, 2.05) is 70.1 Å². The Hall–Kier alpha value is -3.96. The summed E-state index contributed by atoms with van der Waals surface area (Å²) >= 11 is 0. The van der Waals surface area contributed by atoms with E-state index in [0.29, 0.717) is 22.3 Å². The summed E-state index contributed by atoms with van der Waals surface area (Å²) in [7, 11) is 0. The fourth-order valence-electron chi connectivity index (χ4n) is 3.24. The van der Waals surface area contributed by atoms with Gasteiger partial charge in [0.15, 0.2) is 36.4 Å². The summed E-state index contributed by atoms with van der Waals surface area (Å²) in [6.45, 7) is 0.555. The van der Waals surface area contributed by atoms with Crippen molar-refractivity contribution in [3.05, 3.63) is 132 Å². The van der Waals surface area contributed by atoms with Crippen molar-refractivity contribution in [2.24, 2.45) is 0 Å². The molecule has 0 amide bonds. The molecule has 0 saturated heterocycles. The molecule has 0 spiro atoms. The molecule has 2 aromatic carbocycles. The van der Waals surface area contributed by atoms with Crippen molar-refractivity contribution in [2.45, 2.75) is 13.5 Å². The van der Waals surface area contributed by atoms with Crippen LogP contribution in [0.25, 0.3) is 0 Å². The number of hydrogen-bond acceptors (Lipinski definition) is 3. The van der Waals surface area contributed by atoms with Crippen LogP contribution < -0.4 is 9.13 Å². The maximum absolute atomic E-state index is 12.6. The van der Waals surface area contributed by atoms with Gasteiger partial charge in [-0.05, 0) is 12.1 Å². The van der Waals surface area contributed by atoms with E-state index in [9.17, 15) is 9.59 Å². The molecule has 5 nitrogen and oxygen atoms in total. The predicted octanol–water partition coefficient (Wildman–Crippen LogP) is 3.36. The molecule has 0 unspecified atom stereocenters. The summed E-state index contributed by atoms with van der Waals surface area (Å²) in [4.78, 5) is 25.2. The Balaban J connectivity index is 1.39. The molecule has 31 heavy (non-hydrogen) atoms. The zero-order valence-corrected chi connectivity index (χ0v) is 16.9. The van der Waals surface area contributed by atoms with Crippen molar-refractivity contribution in [3.8, 4) is 0 Å². The average molecular weight is 410 g/mol. The molecule has 4 aromatic rings. The molecule has 5 heteroatoms. The molecule has 0 fully saturated rings. The molecule has 0 N–H and O–H groups in total. The van der Waals surface area contributed by atoms with Crippen LogP contribution in [0.4, 0.5) is 0 Å². The molecule has 0 radical (unpaired) electrons. The van der Waals surface area contributed by atoms with Crippen molar-refractivity contribution >= 4 is 11.6 Å². The Kier molecular flexibility index (Phi) is 6.35. The maximum Gasteiger partial charge on any atom is 0.257 e. The summed E-state index contributed by atoms with van der Waals surface area (Å²) in [5, 5.41) is 0. The van der Waals surface area contributed by atoms with E-state index in [1.165, 1.54) is 0 Å². The van der Waals surface area contributed by atoms with Gasteiger partial charge in [0.2, 0.25) is 0 Å². The second-order valence-corrected chi connectivity index (χ2v) is 7.07. The molecule has 0 aliphatic rings. The molecular weight excluding hydrogens is 388 g/mol. The Morgan fingerprint density at radius 3 is 1.35 bits per heavy atom. The van der Waals surface area contributed by atoms with Crippen LogP contribution in [-0.2, 0) is 18.2 Å². The number of carbonyl (C=O) groups is 2. The second-order valence-electron chi connectivity index (χ2n) is 7.07. The molecule has 0 saturated carbocycles. The molecule has 152 valence electrons. The topological polar surface area (TPSA) is 51.1 Å². The van der Waals surface area contributed by atoms with E-state index in [1.54, 1.807) is 48.8 Å². The number of rotatable bonds is 8. The molecule has 0 bridgehead atoms. The monoisotopic (exact) mass is 410 g/mol. The first-order valence-electron chi connectivity index (χ1n) is 9.96. The third-order valence-electron chi connectivity index (χ3n) is 4.79. The smallest absolute Gasteiger partial charge is 0.257 e. The minimum absolute atomic E-state index is 0.0311. The SMILES string of the molecule is O=C(c1ccccc1)c1ccc[n+](COC[n+]2cccc(C(=O)c3ccccc3)c2)c1. The Morgan fingerprint density at radius 1 is 0.548 bits per heavy atom. The van der Waals surface area contributed by atoms with E-state index in [2.05, 4.69) is 0 Å². The number of benzene rings is 2. The van der Waals surface area contributed by atoms with Gasteiger partial charge in [0, 0.05) is 23.3 Å². The Labute approximate surface area is 180 Å². The third kappa shape index (κ3) is 5.15. The number of nitrogens with zero attached hydrogens (tertiary/aromatic N) is 2. The molecule has 0 atom stereocenters. The minimum atomic E-state index is -0.0311. The largest absolute Gasteiger partial charge is 0.288 e. The van der Waals surface area contributed by atoms with Gasteiger partial charge in [-0.1, -0.05) is 60.7 Å². The summed E-state index contributed by atoms with van der Waals surface area (Å²) in [5.74, 6) is -0.0621. The standard InChI is InChI=1S/C26H22N2O3/c29-25(21-9-3-1-4-10-21)23-13-7-15-27(17-23)19-31-20-28-16-8-14-24(18-28)26(30)22-11-5-2-6-12-22/h1-18H,19-20H2/q+2. The van der Waals surface area contributed by atoms with Crippen LogP contribution in [0, 0.1) is 0 Å². The molecule has 2 heterocycles. The molecule has 0 aliphatic carbocycles. The van der Waals surface area contributed by atoms with Crippen molar-refractivity contribution < 1.29 is 23.5 Å². The van der Waals surface area contributed by atoms with Crippen molar-refractivity contribution in [1.29, 1.82) is 0 Å². The zero-order valence-electron chi connectivity index (χ0n) is 16.9. The van der Waals surface area contributed by atoms with Crippen molar-refractivity contribution in [2.75, 3.05) is 0 Å². The number of ketones is 2. The lowest BCUT2D eigenvalue weighted by atomic mass is 10.1. The van der Waals surface area contributed by atoms with Gasteiger partial charge < -0.3 is 0 Å². The van der Waals surface area contributed by atoms with Gasteiger partial charge in [0.25, 0.3) is 13.5 Å². The van der Waals surface area contributed by atoms with E-state index >= 15 is 0 Å². The maximum atomic E-state index is 12.6. The summed E-state index contributed by atoms with van der Waals surface area (Å²) in [6, 6.07) is 25.6. The first kappa shape index (κ1) is 20.3. The lowest BCUT2D eigenvalue weighted by molar-refractivity contribution is -0.788. The lowest BCUT2D eigenvalue weighted by Gasteiger charge is -2.03. The molecule has 2 aromatic heterocycles. The minimum Gasteiger partial charge on any atom is -0.288 e. The van der Waals surface area contributed by atoms with Gasteiger partial charge in [-0.25, -0.2) is 0 Å². The van der Waals surface area contributed by atoms with Crippen LogP contribution in [0.15, 0.2) is 110 Å². The van der Waals surface area contributed by atoms with Crippen LogP contribution in [0.3, 0.4) is 0 Å². The quantitative estimate of drug-likeness (QED) is 0.331. The van der Waals surface area contributed by atoms with Crippen molar-refractivity contribution in [3.63, 3.8) is 0 Å². The summed E-state index contributed by atoms with van der Waals surface area (Å²) < 4.78 is 9.42. The fourth-order valence-corrected chi connectivity index (χ4v) is 3.24. The average Bonchev–Trinajstić information content (AvgIpc) is 2.84. The predicted molar refractivity (Wildman–Crippen MR) is 114 cm³/mol. The zero-order chi connectivity index (χ0) is 21.5. The van der Waals surface area contributed by atoms with Gasteiger partial charge in [-0.15, -0.1) is 0 Å². The van der Waals surface area contributed by atoms with Crippen LogP contribution in [0.2, 0.25) is 0 Å². The van der Waals surface area contributed by atoms with Crippen LogP contribution in [-0.4, -0.2) is 11.6 Å². The number of hydrogen-bond donors (Lipinski definition) is 0. The van der Waals surface area contributed by atoms with E-state index in [4.69, 9.17) is 4.74 Å². The highest BCUT2D eigenvalue weighted by molar-refractivity contribution is 6.09. The third-order valence-corrected chi connectivity index (χ3v) is 4.79. The van der Waals surface area contributed by atoms with Gasteiger partial charge >= 0.3 is 0 Å². The van der Waals surface area contributed by atoms with E-state index in [0.717, 1.165) is 0 Å². The van der Waals surface area contributed by atoms with Crippen molar-refractivity contribution in [1.82, 2.24) is 0 Å². The Morgan fingerprint density at radius 2 is 0.935 bits per heavy atom. The number of aromatic nitrogens is 2. The van der Waals surface area contributed by atoms with Gasteiger partial charge in [0.1, 0.15) is 0 Å². The highest BCUT2D eigenvalue weighted by Crippen LogP contribution is 2.08. The van der Waals surface area contributed by atoms with Crippen LogP contribution in [0.5, 0.6) is 0 Å². The fraction of sp³-hybridized carbons (Fsp3) is 0.0769. The second kappa shape index (κ2) is 9.69. The van der Waals surface area contributed by atoms with E-state index < -0.39 is 0 Å². The van der Waals surface area contributed by atoms with Crippen LogP contribution in [0.1, 0.15) is 31.8 Å². The number of pyridine rings is 2.